The van der Waals surface area contributed by atoms with Crippen molar-refractivity contribution in [1.82, 2.24) is 9.88 Å². The Morgan fingerprint density at radius 1 is 1.09 bits per heavy atom. The summed E-state index contributed by atoms with van der Waals surface area (Å²) < 4.78 is 19.4. The number of ether oxygens (including phenoxy) is 2. The Kier molecular flexibility index (Phi) is 7.02. The summed E-state index contributed by atoms with van der Waals surface area (Å²) >= 11 is 0. The van der Waals surface area contributed by atoms with Crippen molar-refractivity contribution in [3.05, 3.63) is 71.4 Å². The number of fused-ring (bicyclic) bond motifs is 3. The lowest BCUT2D eigenvalue weighted by Crippen LogP contribution is -2.32. The lowest BCUT2D eigenvalue weighted by molar-refractivity contribution is -0.143. The summed E-state index contributed by atoms with van der Waals surface area (Å²) in [5.74, 6) is -2.53. The topological polar surface area (TPSA) is 71.6 Å². The molecule has 3 aromatic rings. The van der Waals surface area contributed by atoms with Crippen molar-refractivity contribution in [1.29, 1.82) is 0 Å². The molecule has 6 nitrogen and oxygen atoms in total. The van der Waals surface area contributed by atoms with E-state index in [0.717, 1.165) is 29.6 Å². The zero-order chi connectivity index (χ0) is 24.1. The molecule has 0 saturated carbocycles. The van der Waals surface area contributed by atoms with Gasteiger partial charge in [0.05, 0.1) is 20.1 Å². The van der Waals surface area contributed by atoms with Gasteiger partial charge in [-0.15, -0.1) is 0 Å². The Labute approximate surface area is 196 Å². The smallest absolute Gasteiger partial charge is 0.314 e. The molecule has 2 atom stereocenters. The molecule has 0 aliphatic carbocycles. The highest BCUT2D eigenvalue weighted by molar-refractivity contribution is 5.88. The van der Waals surface area contributed by atoms with Gasteiger partial charge in [0.15, 0.2) is 0 Å². The molecule has 0 spiro atoms. The third kappa shape index (κ3) is 5.45. The van der Waals surface area contributed by atoms with Crippen LogP contribution in [0.3, 0.4) is 0 Å². The minimum Gasteiger partial charge on any atom is -0.469 e. The van der Waals surface area contributed by atoms with Crippen molar-refractivity contribution < 1.29 is 20.4 Å². The molecule has 1 aliphatic heterocycles. The fourth-order valence-electron chi connectivity index (χ4n) is 4.81. The molecular formula is C27H32N2O4. The SMILES string of the molecule is [2H][C@]1(C(=O)OC)C[C@@H](CCC(=O)OC)CN(Cc2ccccc2)CCc2c1[nH]c1ccccc21. The highest BCUT2D eigenvalue weighted by Gasteiger charge is 2.32. The van der Waals surface area contributed by atoms with Gasteiger partial charge in [0.25, 0.3) is 0 Å². The zero-order valence-corrected chi connectivity index (χ0v) is 19.3. The number of aromatic nitrogens is 1. The number of nitrogens with zero attached hydrogens (tertiary/aromatic N) is 1. The van der Waals surface area contributed by atoms with Gasteiger partial charge in [-0.05, 0) is 42.4 Å². The van der Waals surface area contributed by atoms with Gasteiger partial charge in [-0.3, -0.25) is 14.5 Å². The number of para-hydroxylation sites is 1. The lowest BCUT2D eigenvalue weighted by Gasteiger charge is -2.28. The Morgan fingerprint density at radius 2 is 1.85 bits per heavy atom. The Hall–Kier alpha value is -3.12. The zero-order valence-electron chi connectivity index (χ0n) is 20.3. The molecule has 2 aromatic carbocycles. The van der Waals surface area contributed by atoms with Gasteiger partial charge < -0.3 is 14.5 Å². The van der Waals surface area contributed by atoms with Crippen LogP contribution in [0.2, 0.25) is 0 Å². The third-order valence-electron chi connectivity index (χ3n) is 6.47. The van der Waals surface area contributed by atoms with Gasteiger partial charge in [-0.1, -0.05) is 48.5 Å². The number of esters is 2. The maximum atomic E-state index is 13.1. The molecule has 4 rings (SSSR count). The van der Waals surface area contributed by atoms with Gasteiger partial charge in [0.1, 0.15) is 0 Å². The summed E-state index contributed by atoms with van der Waals surface area (Å²) in [5, 5.41) is 1.03. The molecule has 0 bridgehead atoms. The second-order valence-electron chi connectivity index (χ2n) is 8.65. The van der Waals surface area contributed by atoms with Crippen molar-refractivity contribution in [2.75, 3.05) is 27.3 Å². The summed E-state index contributed by atoms with van der Waals surface area (Å²) in [7, 11) is 2.71. The van der Waals surface area contributed by atoms with E-state index in [1.807, 2.05) is 42.5 Å². The van der Waals surface area contributed by atoms with Crippen LogP contribution in [0.1, 0.15) is 43.3 Å². The fourth-order valence-corrected chi connectivity index (χ4v) is 4.81. The van der Waals surface area contributed by atoms with Crippen molar-refractivity contribution in [3.63, 3.8) is 0 Å². The molecule has 0 fully saturated rings. The van der Waals surface area contributed by atoms with Gasteiger partial charge in [-0.25, -0.2) is 0 Å². The number of rotatable bonds is 6. The van der Waals surface area contributed by atoms with Crippen LogP contribution in [0.4, 0.5) is 0 Å². The molecule has 2 heterocycles. The van der Waals surface area contributed by atoms with Crippen molar-refractivity contribution in [2.24, 2.45) is 5.92 Å². The van der Waals surface area contributed by atoms with Crippen LogP contribution in [-0.2, 0) is 32.0 Å². The van der Waals surface area contributed by atoms with E-state index in [1.54, 1.807) is 0 Å². The minimum atomic E-state index is -1.59. The fraction of sp³-hybridized carbons (Fsp3) is 0.407. The van der Waals surface area contributed by atoms with Gasteiger partial charge >= 0.3 is 11.9 Å². The molecule has 6 heteroatoms. The summed E-state index contributed by atoms with van der Waals surface area (Å²) in [6.45, 7) is 2.21. The molecular weight excluding hydrogens is 416 g/mol. The molecule has 1 N–H and O–H groups in total. The number of aromatic amines is 1. The summed E-state index contributed by atoms with van der Waals surface area (Å²) in [6.07, 6.45) is 1.73. The average Bonchev–Trinajstić information content (AvgIpc) is 3.26. The Balaban J connectivity index is 1.76. The highest BCUT2D eigenvalue weighted by atomic mass is 16.5. The monoisotopic (exact) mass is 449 g/mol. The first kappa shape index (κ1) is 21.7. The van der Waals surface area contributed by atoms with Crippen molar-refractivity contribution >= 4 is 22.8 Å². The summed E-state index contributed by atoms with van der Waals surface area (Å²) in [4.78, 5) is 30.8. The highest BCUT2D eigenvalue weighted by Crippen LogP contribution is 2.35. The molecule has 1 aromatic heterocycles. The first-order chi connectivity index (χ1) is 16.4. The number of hydrogen-bond acceptors (Lipinski definition) is 5. The van der Waals surface area contributed by atoms with E-state index in [-0.39, 0.29) is 24.7 Å². The van der Waals surface area contributed by atoms with Crippen LogP contribution < -0.4 is 0 Å². The molecule has 174 valence electrons. The second kappa shape index (κ2) is 10.7. The normalized spacial score (nSPS) is 21.9. The maximum absolute atomic E-state index is 13.1. The Morgan fingerprint density at radius 3 is 2.61 bits per heavy atom. The predicted molar refractivity (Wildman–Crippen MR) is 128 cm³/mol. The average molecular weight is 450 g/mol. The Bertz CT molecular complexity index is 1150. The van der Waals surface area contributed by atoms with E-state index in [0.29, 0.717) is 25.1 Å². The van der Waals surface area contributed by atoms with E-state index in [1.165, 1.54) is 19.8 Å². The molecule has 0 amide bonds. The number of nitrogens with one attached hydrogen (secondary N) is 1. The van der Waals surface area contributed by atoms with Crippen LogP contribution in [0.5, 0.6) is 0 Å². The van der Waals surface area contributed by atoms with Crippen LogP contribution in [0.15, 0.2) is 54.6 Å². The van der Waals surface area contributed by atoms with Crippen molar-refractivity contribution in [3.8, 4) is 0 Å². The van der Waals surface area contributed by atoms with Gasteiger partial charge in [0, 0.05) is 44.0 Å². The van der Waals surface area contributed by atoms with Crippen LogP contribution in [-0.4, -0.2) is 49.1 Å². The molecule has 0 saturated heterocycles. The van der Waals surface area contributed by atoms with E-state index in [4.69, 9.17) is 9.47 Å². The predicted octanol–water partition coefficient (Wildman–Crippen LogP) is 4.44. The van der Waals surface area contributed by atoms with Gasteiger partial charge in [-0.2, -0.15) is 0 Å². The lowest BCUT2D eigenvalue weighted by atomic mass is 9.87. The number of carbonyl (C=O) groups is 2. The molecule has 0 radical (unpaired) electrons. The van der Waals surface area contributed by atoms with Crippen LogP contribution >= 0.6 is 0 Å². The van der Waals surface area contributed by atoms with E-state index in [2.05, 4.69) is 22.0 Å². The maximum Gasteiger partial charge on any atom is 0.314 e. The van der Waals surface area contributed by atoms with Gasteiger partial charge in [0.2, 0.25) is 0 Å². The minimum absolute atomic E-state index is 0.0724. The van der Waals surface area contributed by atoms with E-state index < -0.39 is 11.9 Å². The number of carbonyl (C=O) groups excluding carboxylic acids is 2. The standard InChI is InChI=1S/C27H32N2O4/c1-32-25(30)13-12-20-16-23(27(31)33-2)26-22(21-10-6-7-11-24(21)28-26)14-15-29(18-20)17-19-8-4-3-5-9-19/h3-11,20,23,28H,12-18H2,1-2H3/t20-,23+/m1/s1/i23D. The van der Waals surface area contributed by atoms with E-state index in [9.17, 15) is 11.0 Å². The quantitative estimate of drug-likeness (QED) is 0.563. The van der Waals surface area contributed by atoms with Crippen LogP contribution in [0.25, 0.3) is 10.9 Å². The third-order valence-corrected chi connectivity index (χ3v) is 6.47. The number of benzene rings is 2. The largest absolute Gasteiger partial charge is 0.469 e. The molecule has 1 aliphatic rings. The number of methoxy groups -OCH3 is 2. The first-order valence-electron chi connectivity index (χ1n) is 12.0. The number of H-pyrrole nitrogens is 1. The molecule has 0 unspecified atom stereocenters. The van der Waals surface area contributed by atoms with E-state index >= 15 is 0 Å². The molecule has 33 heavy (non-hydrogen) atoms. The van der Waals surface area contributed by atoms with Crippen LogP contribution in [0, 0.1) is 5.92 Å². The van der Waals surface area contributed by atoms with Crippen molar-refractivity contribution in [2.45, 2.75) is 38.1 Å². The number of hydrogen-bond donors (Lipinski definition) is 1. The summed E-state index contributed by atoms with van der Waals surface area (Å²) in [5.41, 5.74) is 3.71. The summed E-state index contributed by atoms with van der Waals surface area (Å²) in [6, 6.07) is 18.2. The second-order valence-corrected chi connectivity index (χ2v) is 8.65. The first-order valence-corrected chi connectivity index (χ1v) is 11.5.